The van der Waals surface area contributed by atoms with Crippen molar-refractivity contribution in [2.24, 2.45) is 0 Å². The lowest BCUT2D eigenvalue weighted by molar-refractivity contribution is 0.0206. The van der Waals surface area contributed by atoms with Crippen LogP contribution in [0.5, 0.6) is 5.75 Å². The first kappa shape index (κ1) is 20.8. The minimum absolute atomic E-state index is 0.0315. The SMILES string of the molecule is COc1ccc(-n2nnc3cnc(N[C@H]4CCCN(C(=O)OC(C)(C)C)C4)nc32)cc1. The summed E-state index contributed by atoms with van der Waals surface area (Å²) in [6, 6.07) is 7.53. The molecule has 0 bridgehead atoms. The topological polar surface area (TPSA) is 107 Å². The number of hydrogen-bond acceptors (Lipinski definition) is 8. The van der Waals surface area contributed by atoms with Gasteiger partial charge in [-0.2, -0.15) is 9.67 Å². The lowest BCUT2D eigenvalue weighted by Crippen LogP contribution is -2.47. The van der Waals surface area contributed by atoms with Gasteiger partial charge in [-0.15, -0.1) is 5.10 Å². The molecule has 10 nitrogen and oxygen atoms in total. The summed E-state index contributed by atoms with van der Waals surface area (Å²) < 4.78 is 12.4. The van der Waals surface area contributed by atoms with Crippen LogP contribution in [0.3, 0.4) is 0 Å². The van der Waals surface area contributed by atoms with Crippen LogP contribution in [0.25, 0.3) is 16.9 Å². The number of anilines is 1. The number of rotatable bonds is 4. The van der Waals surface area contributed by atoms with Gasteiger partial charge in [0.2, 0.25) is 5.95 Å². The summed E-state index contributed by atoms with van der Waals surface area (Å²) in [4.78, 5) is 23.1. The van der Waals surface area contributed by atoms with Crippen LogP contribution in [0.4, 0.5) is 10.7 Å². The third-order valence-electron chi connectivity index (χ3n) is 4.92. The maximum Gasteiger partial charge on any atom is 0.410 e. The maximum atomic E-state index is 12.4. The molecule has 2 aromatic heterocycles. The first-order valence-corrected chi connectivity index (χ1v) is 10.3. The van der Waals surface area contributed by atoms with Crippen molar-refractivity contribution in [1.29, 1.82) is 0 Å². The van der Waals surface area contributed by atoms with Crippen molar-refractivity contribution in [2.45, 2.75) is 45.3 Å². The lowest BCUT2D eigenvalue weighted by Gasteiger charge is -2.34. The fraction of sp³-hybridized carbons (Fsp3) is 0.476. The second kappa shape index (κ2) is 8.37. The molecular formula is C21H27N7O3. The molecule has 0 spiro atoms. The zero-order valence-electron chi connectivity index (χ0n) is 18.2. The van der Waals surface area contributed by atoms with Crippen LogP contribution in [0, 0.1) is 0 Å². The number of methoxy groups -OCH3 is 1. The molecule has 1 saturated heterocycles. The van der Waals surface area contributed by atoms with Crippen LogP contribution >= 0.6 is 0 Å². The Morgan fingerprint density at radius 2 is 2.00 bits per heavy atom. The molecule has 3 aromatic rings. The highest BCUT2D eigenvalue weighted by atomic mass is 16.6. The minimum Gasteiger partial charge on any atom is -0.497 e. The van der Waals surface area contributed by atoms with E-state index in [-0.39, 0.29) is 12.1 Å². The van der Waals surface area contributed by atoms with Crippen LogP contribution in [0.15, 0.2) is 30.5 Å². The summed E-state index contributed by atoms with van der Waals surface area (Å²) in [5.41, 5.74) is 1.50. The van der Waals surface area contributed by atoms with E-state index in [1.165, 1.54) is 0 Å². The molecule has 10 heteroatoms. The Morgan fingerprint density at radius 1 is 1.23 bits per heavy atom. The molecule has 31 heavy (non-hydrogen) atoms. The van der Waals surface area contributed by atoms with E-state index in [1.54, 1.807) is 22.9 Å². The fourth-order valence-electron chi connectivity index (χ4n) is 3.46. The highest BCUT2D eigenvalue weighted by Crippen LogP contribution is 2.20. The van der Waals surface area contributed by atoms with E-state index in [1.807, 2.05) is 45.0 Å². The van der Waals surface area contributed by atoms with Crippen molar-refractivity contribution in [3.05, 3.63) is 30.5 Å². The smallest absolute Gasteiger partial charge is 0.410 e. The average Bonchev–Trinajstić information content (AvgIpc) is 3.16. The van der Waals surface area contributed by atoms with Gasteiger partial charge < -0.3 is 19.7 Å². The molecule has 1 aliphatic rings. The lowest BCUT2D eigenvalue weighted by atomic mass is 10.1. The summed E-state index contributed by atoms with van der Waals surface area (Å²) in [7, 11) is 1.63. The number of nitrogens with zero attached hydrogens (tertiary/aromatic N) is 6. The van der Waals surface area contributed by atoms with Crippen molar-refractivity contribution in [3.8, 4) is 11.4 Å². The van der Waals surface area contributed by atoms with Crippen LogP contribution in [-0.2, 0) is 4.74 Å². The molecule has 3 heterocycles. The molecule has 0 radical (unpaired) electrons. The third kappa shape index (κ3) is 4.84. The summed E-state index contributed by atoms with van der Waals surface area (Å²) in [5, 5.41) is 11.7. The molecule has 1 N–H and O–H groups in total. The number of carbonyl (C=O) groups excluding carboxylic acids is 1. The number of hydrogen-bond donors (Lipinski definition) is 1. The van der Waals surface area contributed by atoms with Gasteiger partial charge in [0.05, 0.1) is 19.0 Å². The Morgan fingerprint density at radius 3 is 2.71 bits per heavy atom. The van der Waals surface area contributed by atoms with Crippen LogP contribution in [-0.4, -0.2) is 67.8 Å². The van der Waals surface area contributed by atoms with E-state index in [0.717, 1.165) is 24.3 Å². The van der Waals surface area contributed by atoms with Crippen molar-refractivity contribution in [3.63, 3.8) is 0 Å². The van der Waals surface area contributed by atoms with Crippen molar-refractivity contribution in [2.75, 3.05) is 25.5 Å². The highest BCUT2D eigenvalue weighted by molar-refractivity contribution is 5.72. The predicted octanol–water partition coefficient (Wildman–Crippen LogP) is 3.03. The Bertz CT molecular complexity index is 1060. The number of fused-ring (bicyclic) bond motifs is 1. The molecular weight excluding hydrogens is 398 g/mol. The summed E-state index contributed by atoms with van der Waals surface area (Å²) in [6.07, 6.45) is 3.14. The second-order valence-corrected chi connectivity index (χ2v) is 8.51. The molecule has 0 unspecified atom stereocenters. The maximum absolute atomic E-state index is 12.4. The van der Waals surface area contributed by atoms with Gasteiger partial charge in [-0.1, -0.05) is 5.21 Å². The minimum atomic E-state index is -0.515. The average molecular weight is 425 g/mol. The number of piperidine rings is 1. The number of benzene rings is 1. The first-order valence-electron chi connectivity index (χ1n) is 10.3. The van der Waals surface area contributed by atoms with Gasteiger partial charge in [0.1, 0.15) is 11.4 Å². The van der Waals surface area contributed by atoms with Crippen LogP contribution < -0.4 is 10.1 Å². The molecule has 4 rings (SSSR count). The molecule has 1 atom stereocenters. The molecule has 0 aliphatic carbocycles. The second-order valence-electron chi connectivity index (χ2n) is 8.51. The highest BCUT2D eigenvalue weighted by Gasteiger charge is 2.28. The van der Waals surface area contributed by atoms with Crippen molar-refractivity contribution >= 4 is 23.2 Å². The van der Waals surface area contributed by atoms with E-state index in [9.17, 15) is 4.79 Å². The summed E-state index contributed by atoms with van der Waals surface area (Å²) >= 11 is 0. The quantitative estimate of drug-likeness (QED) is 0.680. The summed E-state index contributed by atoms with van der Waals surface area (Å²) in [6.45, 7) is 6.82. The zero-order valence-corrected chi connectivity index (χ0v) is 18.2. The monoisotopic (exact) mass is 425 g/mol. The Balaban J connectivity index is 1.50. The van der Waals surface area contributed by atoms with Gasteiger partial charge in [-0.05, 0) is 57.9 Å². The summed E-state index contributed by atoms with van der Waals surface area (Å²) in [5.74, 6) is 1.23. The number of nitrogens with one attached hydrogen (secondary N) is 1. The van der Waals surface area contributed by atoms with E-state index >= 15 is 0 Å². The predicted molar refractivity (Wildman–Crippen MR) is 115 cm³/mol. The molecule has 164 valence electrons. The fourth-order valence-corrected chi connectivity index (χ4v) is 3.46. The van der Waals surface area contributed by atoms with E-state index in [2.05, 4.69) is 25.6 Å². The number of likely N-dealkylation sites (tertiary alicyclic amines) is 1. The normalized spacial score (nSPS) is 16.9. The Kier molecular flexibility index (Phi) is 5.62. The zero-order chi connectivity index (χ0) is 22.0. The van der Waals surface area contributed by atoms with Crippen LogP contribution in [0.1, 0.15) is 33.6 Å². The van der Waals surface area contributed by atoms with Crippen LogP contribution in [0.2, 0.25) is 0 Å². The van der Waals surface area contributed by atoms with Gasteiger partial charge in [-0.3, -0.25) is 0 Å². The van der Waals surface area contributed by atoms with Gasteiger partial charge in [0.15, 0.2) is 11.2 Å². The number of amides is 1. The van der Waals surface area contributed by atoms with E-state index in [0.29, 0.717) is 30.2 Å². The molecule has 0 saturated carbocycles. The number of aromatic nitrogens is 5. The van der Waals surface area contributed by atoms with Gasteiger partial charge in [0.25, 0.3) is 0 Å². The standard InChI is InChI=1S/C21H27N7O3/c1-21(2,3)31-20(29)27-11-5-6-14(13-27)23-19-22-12-17-18(24-19)28(26-25-17)15-7-9-16(30-4)10-8-15/h7-10,12,14H,5-6,11,13H2,1-4H3,(H,22,23,24)/t14-/m0/s1. The van der Waals surface area contributed by atoms with Gasteiger partial charge in [-0.25, -0.2) is 9.78 Å². The largest absolute Gasteiger partial charge is 0.497 e. The molecule has 1 fully saturated rings. The number of carbonyl (C=O) groups is 1. The van der Waals surface area contributed by atoms with Gasteiger partial charge >= 0.3 is 6.09 Å². The third-order valence-corrected chi connectivity index (χ3v) is 4.92. The Hall–Kier alpha value is -3.43. The van der Waals surface area contributed by atoms with Crippen molar-refractivity contribution < 1.29 is 14.3 Å². The van der Waals surface area contributed by atoms with Crippen molar-refractivity contribution in [1.82, 2.24) is 29.9 Å². The molecule has 1 aromatic carbocycles. The molecule has 1 amide bonds. The Labute approximate surface area is 180 Å². The van der Waals surface area contributed by atoms with E-state index < -0.39 is 5.60 Å². The molecule has 1 aliphatic heterocycles. The van der Waals surface area contributed by atoms with E-state index in [4.69, 9.17) is 9.47 Å². The number of ether oxygens (including phenoxy) is 2. The first-order chi connectivity index (χ1) is 14.8. The van der Waals surface area contributed by atoms with Gasteiger partial charge in [0, 0.05) is 19.1 Å².